The standard InChI is InChI=1S/C34H20N2O/c35-21-22-12-14-23(15-13-22)24-16-18-25(19-17-24)34-36-33-30(10-5-11-32(33)37-34)31-20-26-6-1-2-7-27(26)28-8-3-4-9-29(28)31/h1-20H. The topological polar surface area (TPSA) is 49.8 Å². The predicted molar refractivity (Wildman–Crippen MR) is 150 cm³/mol. The molecule has 1 heterocycles. The van der Waals surface area contributed by atoms with Gasteiger partial charge in [0.15, 0.2) is 5.58 Å². The highest BCUT2D eigenvalue weighted by Crippen LogP contribution is 2.39. The van der Waals surface area contributed by atoms with Gasteiger partial charge in [0.05, 0.1) is 11.6 Å². The molecular formula is C34H20N2O. The molecule has 0 bridgehead atoms. The molecule has 0 fully saturated rings. The molecule has 0 atom stereocenters. The van der Waals surface area contributed by atoms with Gasteiger partial charge in [0.25, 0.3) is 0 Å². The van der Waals surface area contributed by atoms with Gasteiger partial charge in [0.2, 0.25) is 5.89 Å². The Labute approximate surface area is 213 Å². The van der Waals surface area contributed by atoms with E-state index < -0.39 is 0 Å². The molecule has 37 heavy (non-hydrogen) atoms. The highest BCUT2D eigenvalue weighted by Gasteiger charge is 2.16. The van der Waals surface area contributed by atoms with Crippen LogP contribution < -0.4 is 0 Å². The minimum Gasteiger partial charge on any atom is -0.436 e. The van der Waals surface area contributed by atoms with Gasteiger partial charge in [-0.2, -0.15) is 5.26 Å². The van der Waals surface area contributed by atoms with Gasteiger partial charge in [-0.05, 0) is 74.6 Å². The molecule has 0 aliphatic carbocycles. The second kappa shape index (κ2) is 8.48. The summed E-state index contributed by atoms with van der Waals surface area (Å²) in [5.74, 6) is 0.596. The summed E-state index contributed by atoms with van der Waals surface area (Å²) >= 11 is 0. The molecule has 3 nitrogen and oxygen atoms in total. The van der Waals surface area contributed by atoms with Crippen molar-refractivity contribution in [2.75, 3.05) is 0 Å². The molecule has 172 valence electrons. The van der Waals surface area contributed by atoms with Gasteiger partial charge in [0, 0.05) is 11.1 Å². The van der Waals surface area contributed by atoms with Gasteiger partial charge < -0.3 is 4.42 Å². The van der Waals surface area contributed by atoms with Gasteiger partial charge >= 0.3 is 0 Å². The van der Waals surface area contributed by atoms with Crippen LogP contribution in [0.1, 0.15) is 5.56 Å². The van der Waals surface area contributed by atoms with E-state index in [0.717, 1.165) is 38.9 Å². The van der Waals surface area contributed by atoms with E-state index in [1.165, 1.54) is 21.5 Å². The van der Waals surface area contributed by atoms with Crippen LogP contribution in [0.3, 0.4) is 0 Å². The van der Waals surface area contributed by atoms with Crippen LogP contribution in [0.4, 0.5) is 0 Å². The summed E-state index contributed by atoms with van der Waals surface area (Å²) < 4.78 is 6.24. The highest BCUT2D eigenvalue weighted by molar-refractivity contribution is 6.15. The average Bonchev–Trinajstić information content (AvgIpc) is 3.42. The lowest BCUT2D eigenvalue weighted by Crippen LogP contribution is -1.86. The maximum Gasteiger partial charge on any atom is 0.227 e. The van der Waals surface area contributed by atoms with Crippen LogP contribution in [0.2, 0.25) is 0 Å². The third-order valence-electron chi connectivity index (χ3n) is 6.96. The van der Waals surface area contributed by atoms with Crippen molar-refractivity contribution in [1.29, 1.82) is 5.26 Å². The van der Waals surface area contributed by atoms with Crippen molar-refractivity contribution < 1.29 is 4.42 Å². The zero-order valence-electron chi connectivity index (χ0n) is 19.8. The van der Waals surface area contributed by atoms with E-state index in [0.29, 0.717) is 11.5 Å². The van der Waals surface area contributed by atoms with Crippen LogP contribution >= 0.6 is 0 Å². The Kier molecular flexibility index (Phi) is 4.84. The largest absolute Gasteiger partial charge is 0.436 e. The number of nitriles is 1. The number of oxazole rings is 1. The first kappa shape index (κ1) is 21.1. The second-order valence-corrected chi connectivity index (χ2v) is 9.13. The SMILES string of the molecule is N#Cc1ccc(-c2ccc(-c3nc4c(-c5cc6ccccc6c6ccccc56)cccc4o3)cc2)cc1. The maximum absolute atomic E-state index is 9.05. The van der Waals surface area contributed by atoms with Gasteiger partial charge in [-0.3, -0.25) is 0 Å². The smallest absolute Gasteiger partial charge is 0.227 e. The van der Waals surface area contributed by atoms with Crippen LogP contribution in [0.25, 0.3) is 66.4 Å². The predicted octanol–water partition coefficient (Wildman–Crippen LogP) is 9.01. The average molecular weight is 473 g/mol. The Morgan fingerprint density at radius 3 is 1.97 bits per heavy atom. The highest BCUT2D eigenvalue weighted by atomic mass is 16.3. The van der Waals surface area contributed by atoms with Crippen LogP contribution in [0.5, 0.6) is 0 Å². The quantitative estimate of drug-likeness (QED) is 0.241. The Bertz CT molecular complexity index is 1970. The zero-order chi connectivity index (χ0) is 24.8. The number of fused-ring (bicyclic) bond motifs is 4. The summed E-state index contributed by atoms with van der Waals surface area (Å²) in [7, 11) is 0. The third-order valence-corrected chi connectivity index (χ3v) is 6.96. The molecule has 0 amide bonds. The van der Waals surface area contributed by atoms with Crippen LogP contribution in [-0.4, -0.2) is 4.98 Å². The number of hydrogen-bond acceptors (Lipinski definition) is 3. The van der Waals surface area contributed by atoms with E-state index in [-0.39, 0.29) is 0 Å². The van der Waals surface area contributed by atoms with Crippen LogP contribution in [0, 0.1) is 11.3 Å². The monoisotopic (exact) mass is 472 g/mol. The van der Waals surface area contributed by atoms with Gasteiger partial charge in [-0.1, -0.05) is 84.9 Å². The summed E-state index contributed by atoms with van der Waals surface area (Å²) in [6.07, 6.45) is 0. The number of benzene rings is 6. The lowest BCUT2D eigenvalue weighted by Gasteiger charge is -2.11. The van der Waals surface area contributed by atoms with Gasteiger partial charge in [-0.25, -0.2) is 4.98 Å². The normalized spacial score (nSPS) is 11.2. The fraction of sp³-hybridized carbons (Fsp3) is 0. The second-order valence-electron chi connectivity index (χ2n) is 9.13. The molecule has 0 N–H and O–H groups in total. The molecule has 0 saturated carbocycles. The van der Waals surface area contributed by atoms with Crippen molar-refractivity contribution in [1.82, 2.24) is 4.98 Å². The summed E-state index contributed by atoms with van der Waals surface area (Å²) in [5.41, 5.74) is 7.54. The number of aromatic nitrogens is 1. The summed E-state index contributed by atoms with van der Waals surface area (Å²) in [6, 6.07) is 43.4. The Hall–Kier alpha value is -5.20. The Balaban J connectivity index is 1.34. The summed E-state index contributed by atoms with van der Waals surface area (Å²) in [4.78, 5) is 4.97. The van der Waals surface area contributed by atoms with E-state index in [4.69, 9.17) is 14.7 Å². The minimum atomic E-state index is 0.596. The Morgan fingerprint density at radius 1 is 0.568 bits per heavy atom. The molecule has 1 aromatic heterocycles. The lowest BCUT2D eigenvalue weighted by atomic mass is 9.93. The first-order valence-electron chi connectivity index (χ1n) is 12.2. The molecule has 0 saturated heterocycles. The van der Waals surface area contributed by atoms with Crippen molar-refractivity contribution in [2.45, 2.75) is 0 Å². The van der Waals surface area contributed by atoms with E-state index >= 15 is 0 Å². The first-order valence-corrected chi connectivity index (χ1v) is 12.2. The van der Waals surface area contributed by atoms with Gasteiger partial charge in [-0.15, -0.1) is 0 Å². The molecule has 6 aromatic carbocycles. The number of para-hydroxylation sites is 1. The first-order chi connectivity index (χ1) is 18.3. The molecule has 7 rings (SSSR count). The summed E-state index contributed by atoms with van der Waals surface area (Å²) in [6.45, 7) is 0. The number of nitrogens with zero attached hydrogens (tertiary/aromatic N) is 2. The van der Waals surface area contributed by atoms with E-state index in [9.17, 15) is 0 Å². The van der Waals surface area contributed by atoms with Crippen LogP contribution in [0.15, 0.2) is 126 Å². The van der Waals surface area contributed by atoms with Crippen LogP contribution in [-0.2, 0) is 0 Å². The van der Waals surface area contributed by atoms with Crippen molar-refractivity contribution in [2.24, 2.45) is 0 Å². The van der Waals surface area contributed by atoms with E-state index in [1.807, 2.05) is 48.5 Å². The minimum absolute atomic E-state index is 0.596. The third kappa shape index (κ3) is 3.55. The molecule has 0 unspecified atom stereocenters. The maximum atomic E-state index is 9.05. The Morgan fingerprint density at radius 2 is 1.22 bits per heavy atom. The number of hydrogen-bond donors (Lipinski definition) is 0. The molecular weight excluding hydrogens is 452 g/mol. The molecule has 0 spiro atoms. The van der Waals surface area contributed by atoms with Crippen molar-refractivity contribution in [3.8, 4) is 39.8 Å². The summed E-state index contributed by atoms with van der Waals surface area (Å²) in [5, 5.41) is 13.9. The van der Waals surface area contributed by atoms with E-state index in [2.05, 4.69) is 78.9 Å². The van der Waals surface area contributed by atoms with Crippen molar-refractivity contribution >= 4 is 32.6 Å². The molecule has 0 aliphatic heterocycles. The molecule has 7 aromatic rings. The fourth-order valence-electron chi connectivity index (χ4n) is 5.11. The van der Waals surface area contributed by atoms with Crippen molar-refractivity contribution in [3.05, 3.63) is 127 Å². The molecule has 3 heteroatoms. The molecule has 0 aliphatic rings. The lowest BCUT2D eigenvalue weighted by molar-refractivity contribution is 0.620. The zero-order valence-corrected chi connectivity index (χ0v) is 19.8. The molecule has 0 radical (unpaired) electrons. The van der Waals surface area contributed by atoms with E-state index in [1.54, 1.807) is 0 Å². The van der Waals surface area contributed by atoms with Crippen molar-refractivity contribution in [3.63, 3.8) is 0 Å². The fourth-order valence-corrected chi connectivity index (χ4v) is 5.11. The number of rotatable bonds is 3. The van der Waals surface area contributed by atoms with Gasteiger partial charge in [0.1, 0.15) is 5.52 Å².